The smallest absolute Gasteiger partial charge is 0.387 e. The standard InChI is InChI=1S/C20H30F2N4O3.HI/c1-3-11-28-16-8-7-15(17(12-16)29-19(21)22)13-24-20(23-4-2)25-14-18(27)26-9-5-6-10-26;/h7-8,12,19H,3-6,9-11,13-14H2,1-2H3,(H2,23,24,25);1H. The molecule has 1 saturated heterocycles. The van der Waals surface area contributed by atoms with Crippen LogP contribution in [0.15, 0.2) is 23.2 Å². The Morgan fingerprint density at radius 2 is 1.97 bits per heavy atom. The van der Waals surface area contributed by atoms with Gasteiger partial charge in [0, 0.05) is 31.3 Å². The van der Waals surface area contributed by atoms with Gasteiger partial charge in [-0.05, 0) is 38.3 Å². The Morgan fingerprint density at radius 3 is 2.60 bits per heavy atom. The number of carbonyl (C=O) groups excluding carboxylic acids is 1. The lowest BCUT2D eigenvalue weighted by Gasteiger charge is -2.17. The number of nitrogens with one attached hydrogen (secondary N) is 2. The maximum absolute atomic E-state index is 12.8. The average molecular weight is 540 g/mol. The molecule has 1 aliphatic rings. The lowest BCUT2D eigenvalue weighted by atomic mass is 10.2. The van der Waals surface area contributed by atoms with Crippen LogP contribution >= 0.6 is 24.0 Å². The fourth-order valence-corrected chi connectivity index (χ4v) is 2.92. The van der Waals surface area contributed by atoms with E-state index in [-0.39, 0.29) is 48.7 Å². The zero-order valence-corrected chi connectivity index (χ0v) is 19.8. The Morgan fingerprint density at radius 1 is 1.23 bits per heavy atom. The minimum Gasteiger partial charge on any atom is -0.493 e. The fraction of sp³-hybridized carbons (Fsp3) is 0.600. The van der Waals surface area contributed by atoms with Crippen molar-refractivity contribution in [3.63, 3.8) is 0 Å². The van der Waals surface area contributed by atoms with Crippen LogP contribution in [-0.2, 0) is 11.3 Å². The maximum atomic E-state index is 12.8. The van der Waals surface area contributed by atoms with E-state index in [4.69, 9.17) is 4.74 Å². The molecule has 0 atom stereocenters. The summed E-state index contributed by atoms with van der Waals surface area (Å²) in [6.07, 6.45) is 2.88. The number of hydrogen-bond acceptors (Lipinski definition) is 4. The van der Waals surface area contributed by atoms with E-state index in [1.54, 1.807) is 12.1 Å². The van der Waals surface area contributed by atoms with Crippen LogP contribution in [0.4, 0.5) is 8.78 Å². The highest BCUT2D eigenvalue weighted by Gasteiger charge is 2.18. The predicted octanol–water partition coefficient (Wildman–Crippen LogP) is 3.37. The van der Waals surface area contributed by atoms with Crippen molar-refractivity contribution in [1.29, 1.82) is 0 Å². The Labute approximate surface area is 193 Å². The summed E-state index contributed by atoms with van der Waals surface area (Å²) in [7, 11) is 0. The van der Waals surface area contributed by atoms with Crippen molar-refractivity contribution in [2.45, 2.75) is 46.3 Å². The molecule has 10 heteroatoms. The zero-order valence-electron chi connectivity index (χ0n) is 17.5. The van der Waals surface area contributed by atoms with Crippen molar-refractivity contribution in [3.05, 3.63) is 23.8 Å². The van der Waals surface area contributed by atoms with Gasteiger partial charge >= 0.3 is 6.61 Å². The number of ether oxygens (including phenoxy) is 2. The van der Waals surface area contributed by atoms with E-state index in [2.05, 4.69) is 20.4 Å². The molecule has 1 amide bonds. The van der Waals surface area contributed by atoms with E-state index >= 15 is 0 Å². The van der Waals surface area contributed by atoms with Crippen molar-refractivity contribution in [1.82, 2.24) is 15.5 Å². The molecular weight excluding hydrogens is 509 g/mol. The number of benzene rings is 1. The number of rotatable bonds is 10. The first kappa shape index (κ1) is 26.2. The van der Waals surface area contributed by atoms with Gasteiger partial charge in [-0.25, -0.2) is 4.99 Å². The van der Waals surface area contributed by atoms with Crippen LogP contribution in [0.25, 0.3) is 0 Å². The van der Waals surface area contributed by atoms with Crippen LogP contribution in [0.1, 0.15) is 38.7 Å². The molecule has 1 aromatic rings. The number of halogens is 3. The number of aliphatic imine (C=N–C) groups is 1. The van der Waals surface area contributed by atoms with Crippen LogP contribution in [0.2, 0.25) is 0 Å². The number of carbonyl (C=O) groups is 1. The maximum Gasteiger partial charge on any atom is 0.387 e. The SMILES string of the molecule is CCCOc1ccc(CN=C(NCC)NCC(=O)N2CCCC2)c(OC(F)F)c1.I. The molecule has 1 aromatic carbocycles. The van der Waals surface area contributed by atoms with Gasteiger partial charge in [-0.2, -0.15) is 8.78 Å². The normalized spacial score (nSPS) is 13.8. The highest BCUT2D eigenvalue weighted by molar-refractivity contribution is 14.0. The van der Waals surface area contributed by atoms with Crippen LogP contribution in [-0.4, -0.2) is 56.2 Å². The summed E-state index contributed by atoms with van der Waals surface area (Å²) in [6.45, 7) is 3.85. The summed E-state index contributed by atoms with van der Waals surface area (Å²) in [5.41, 5.74) is 0.497. The highest BCUT2D eigenvalue weighted by atomic mass is 127. The molecule has 2 N–H and O–H groups in total. The van der Waals surface area contributed by atoms with E-state index in [0.29, 0.717) is 30.4 Å². The third kappa shape index (κ3) is 8.88. The quantitative estimate of drug-likeness (QED) is 0.271. The number of guanidine groups is 1. The van der Waals surface area contributed by atoms with Crippen LogP contribution in [0.3, 0.4) is 0 Å². The van der Waals surface area contributed by atoms with Gasteiger partial charge in [0.05, 0.1) is 19.7 Å². The highest BCUT2D eigenvalue weighted by Crippen LogP contribution is 2.27. The molecule has 170 valence electrons. The molecule has 30 heavy (non-hydrogen) atoms. The molecule has 1 heterocycles. The molecule has 0 radical (unpaired) electrons. The molecular formula is C20H31F2IN4O3. The molecule has 0 aromatic heterocycles. The topological polar surface area (TPSA) is 75.2 Å². The van der Waals surface area contributed by atoms with Crippen molar-refractivity contribution < 1.29 is 23.0 Å². The number of hydrogen-bond donors (Lipinski definition) is 2. The first-order valence-electron chi connectivity index (χ1n) is 10.0. The molecule has 7 nitrogen and oxygen atoms in total. The minimum absolute atomic E-state index is 0. The van der Waals surface area contributed by atoms with Crippen molar-refractivity contribution in [3.8, 4) is 11.5 Å². The number of likely N-dealkylation sites (tertiary alicyclic amines) is 1. The zero-order chi connectivity index (χ0) is 21.1. The fourth-order valence-electron chi connectivity index (χ4n) is 2.92. The molecule has 0 unspecified atom stereocenters. The predicted molar refractivity (Wildman–Crippen MR) is 123 cm³/mol. The summed E-state index contributed by atoms with van der Waals surface area (Å²) in [5.74, 6) is 0.958. The number of nitrogens with zero attached hydrogens (tertiary/aromatic N) is 2. The van der Waals surface area contributed by atoms with Gasteiger partial charge in [0.1, 0.15) is 11.5 Å². The van der Waals surface area contributed by atoms with E-state index in [1.807, 2.05) is 18.7 Å². The molecule has 0 bridgehead atoms. The van der Waals surface area contributed by atoms with E-state index < -0.39 is 6.61 Å². The Balaban J connectivity index is 0.00000450. The monoisotopic (exact) mass is 540 g/mol. The van der Waals surface area contributed by atoms with E-state index in [9.17, 15) is 13.6 Å². The van der Waals surface area contributed by atoms with Crippen molar-refractivity contribution in [2.24, 2.45) is 4.99 Å². The first-order chi connectivity index (χ1) is 14.0. The Bertz CT molecular complexity index is 686. The average Bonchev–Trinajstić information content (AvgIpc) is 3.23. The van der Waals surface area contributed by atoms with Gasteiger partial charge in [0.25, 0.3) is 0 Å². The second-order valence-electron chi connectivity index (χ2n) is 6.63. The van der Waals surface area contributed by atoms with Crippen molar-refractivity contribution >= 4 is 35.8 Å². The van der Waals surface area contributed by atoms with Gasteiger partial charge in [0.2, 0.25) is 5.91 Å². The Hall–Kier alpha value is -1.85. The van der Waals surface area contributed by atoms with E-state index in [1.165, 1.54) is 6.07 Å². The lowest BCUT2D eigenvalue weighted by molar-refractivity contribution is -0.128. The minimum atomic E-state index is -2.94. The van der Waals surface area contributed by atoms with Gasteiger partial charge < -0.3 is 25.0 Å². The van der Waals surface area contributed by atoms with E-state index in [0.717, 1.165) is 32.4 Å². The van der Waals surface area contributed by atoms with Gasteiger partial charge in [-0.3, -0.25) is 4.79 Å². The van der Waals surface area contributed by atoms with Gasteiger partial charge in [0.15, 0.2) is 5.96 Å². The lowest BCUT2D eigenvalue weighted by Crippen LogP contribution is -2.44. The third-order valence-electron chi connectivity index (χ3n) is 4.35. The number of alkyl halides is 2. The molecule has 1 fully saturated rings. The molecule has 0 saturated carbocycles. The third-order valence-corrected chi connectivity index (χ3v) is 4.35. The van der Waals surface area contributed by atoms with Crippen LogP contribution in [0.5, 0.6) is 11.5 Å². The second-order valence-corrected chi connectivity index (χ2v) is 6.63. The molecule has 0 spiro atoms. The first-order valence-corrected chi connectivity index (χ1v) is 10.0. The summed E-state index contributed by atoms with van der Waals surface area (Å²) < 4.78 is 35.7. The molecule has 0 aliphatic carbocycles. The summed E-state index contributed by atoms with van der Waals surface area (Å²) in [4.78, 5) is 18.4. The molecule has 2 rings (SSSR count). The molecule has 1 aliphatic heterocycles. The Kier molecular flexibility index (Phi) is 12.4. The van der Waals surface area contributed by atoms with Crippen LogP contribution in [0, 0.1) is 0 Å². The summed E-state index contributed by atoms with van der Waals surface area (Å²) in [6, 6.07) is 4.81. The van der Waals surface area contributed by atoms with Crippen LogP contribution < -0.4 is 20.1 Å². The van der Waals surface area contributed by atoms with Gasteiger partial charge in [-0.1, -0.05) is 6.92 Å². The summed E-state index contributed by atoms with van der Waals surface area (Å²) in [5, 5.41) is 6.05. The number of amides is 1. The van der Waals surface area contributed by atoms with Crippen molar-refractivity contribution in [2.75, 3.05) is 32.8 Å². The van der Waals surface area contributed by atoms with Gasteiger partial charge in [-0.15, -0.1) is 24.0 Å². The summed E-state index contributed by atoms with van der Waals surface area (Å²) >= 11 is 0. The second kappa shape index (κ2) is 14.2. The largest absolute Gasteiger partial charge is 0.493 e.